The van der Waals surface area contributed by atoms with Crippen LogP contribution in [-0.2, 0) is 10.0 Å². The number of carbonyl (C=O) groups is 1. The van der Waals surface area contributed by atoms with E-state index in [0.717, 1.165) is 31.2 Å². The van der Waals surface area contributed by atoms with Crippen LogP contribution in [0.3, 0.4) is 0 Å². The maximum atomic E-state index is 12.3. The second kappa shape index (κ2) is 7.74. The molecule has 0 saturated carbocycles. The summed E-state index contributed by atoms with van der Waals surface area (Å²) in [4.78, 5) is 12.1. The summed E-state index contributed by atoms with van der Waals surface area (Å²) in [5.74, 6) is -0.255. The van der Waals surface area contributed by atoms with Gasteiger partial charge in [-0.25, -0.2) is 12.7 Å². The maximum absolute atomic E-state index is 12.3. The van der Waals surface area contributed by atoms with Gasteiger partial charge in [0.05, 0.1) is 5.75 Å². The molecule has 1 aliphatic rings. The smallest absolute Gasteiger partial charge is 0.251 e. The second-order valence-corrected chi connectivity index (χ2v) is 7.79. The fraction of sp³-hybridized carbons (Fsp3) is 0.562. The van der Waals surface area contributed by atoms with E-state index in [1.165, 1.54) is 0 Å². The van der Waals surface area contributed by atoms with Crippen molar-refractivity contribution in [1.82, 2.24) is 9.62 Å². The summed E-state index contributed by atoms with van der Waals surface area (Å²) in [6.07, 6.45) is 4.04. The first kappa shape index (κ1) is 17.0. The van der Waals surface area contributed by atoms with Crippen LogP contribution in [0.1, 0.15) is 41.6 Å². The Morgan fingerprint density at radius 1 is 1.14 bits per heavy atom. The average molecular weight is 324 g/mol. The number of nitrogens with one attached hydrogen (secondary N) is 1. The number of sulfonamides is 1. The van der Waals surface area contributed by atoms with Crippen molar-refractivity contribution >= 4 is 15.9 Å². The first-order valence-electron chi connectivity index (χ1n) is 7.82. The summed E-state index contributed by atoms with van der Waals surface area (Å²) >= 11 is 0. The van der Waals surface area contributed by atoms with Gasteiger partial charge in [0.2, 0.25) is 10.0 Å². The molecular weight excluding hydrogens is 300 g/mol. The van der Waals surface area contributed by atoms with Gasteiger partial charge in [-0.15, -0.1) is 0 Å². The molecule has 0 aromatic heterocycles. The van der Waals surface area contributed by atoms with Crippen LogP contribution < -0.4 is 5.32 Å². The minimum atomic E-state index is -3.28. The number of benzene rings is 1. The fourth-order valence-corrected chi connectivity index (χ4v) is 4.10. The number of hydrogen-bond donors (Lipinski definition) is 1. The third-order valence-electron chi connectivity index (χ3n) is 3.99. The Kier molecular flexibility index (Phi) is 5.97. The topological polar surface area (TPSA) is 66.5 Å². The van der Waals surface area contributed by atoms with Crippen molar-refractivity contribution in [3.63, 3.8) is 0 Å². The van der Waals surface area contributed by atoms with Crippen molar-refractivity contribution < 1.29 is 13.2 Å². The van der Waals surface area contributed by atoms with Crippen LogP contribution in [0.25, 0.3) is 0 Å². The van der Waals surface area contributed by atoms with Gasteiger partial charge in [-0.3, -0.25) is 4.79 Å². The van der Waals surface area contributed by atoms with Gasteiger partial charge in [0, 0.05) is 25.2 Å². The lowest BCUT2D eigenvalue weighted by atomic mass is 10.1. The predicted molar refractivity (Wildman–Crippen MR) is 87.3 cm³/mol. The highest BCUT2D eigenvalue weighted by Crippen LogP contribution is 2.13. The number of nitrogens with zero attached hydrogens (tertiary/aromatic N) is 1. The Hall–Kier alpha value is -1.40. The molecule has 0 radical (unpaired) electrons. The van der Waals surface area contributed by atoms with Gasteiger partial charge >= 0.3 is 0 Å². The summed E-state index contributed by atoms with van der Waals surface area (Å²) in [6, 6.07) is 7.28. The van der Waals surface area contributed by atoms with Crippen LogP contribution in [0.5, 0.6) is 0 Å². The Morgan fingerprint density at radius 3 is 2.41 bits per heavy atom. The Bertz CT molecular complexity index is 606. The lowest BCUT2D eigenvalue weighted by molar-refractivity contribution is 0.0955. The molecule has 1 fully saturated rings. The third kappa shape index (κ3) is 4.55. The molecule has 1 aromatic rings. The van der Waals surface area contributed by atoms with Gasteiger partial charge in [0.1, 0.15) is 0 Å². The minimum Gasteiger partial charge on any atom is -0.351 e. The lowest BCUT2D eigenvalue weighted by Crippen LogP contribution is -2.38. The fourth-order valence-electron chi connectivity index (χ4n) is 2.67. The van der Waals surface area contributed by atoms with Gasteiger partial charge < -0.3 is 5.32 Å². The van der Waals surface area contributed by atoms with E-state index >= 15 is 0 Å². The lowest BCUT2D eigenvalue weighted by Gasteiger charge is -2.20. The molecule has 0 bridgehead atoms. The van der Waals surface area contributed by atoms with E-state index in [2.05, 4.69) is 5.32 Å². The van der Waals surface area contributed by atoms with Gasteiger partial charge in [0.25, 0.3) is 5.91 Å². The number of amides is 1. The molecule has 6 heteroatoms. The van der Waals surface area contributed by atoms with E-state index in [0.29, 0.717) is 18.7 Å². The van der Waals surface area contributed by atoms with Gasteiger partial charge in [-0.05, 0) is 31.4 Å². The van der Waals surface area contributed by atoms with E-state index in [1.807, 2.05) is 19.1 Å². The van der Waals surface area contributed by atoms with Crippen molar-refractivity contribution in [3.05, 3.63) is 35.4 Å². The molecule has 5 nitrogen and oxygen atoms in total. The molecule has 2 rings (SSSR count). The second-order valence-electron chi connectivity index (χ2n) is 5.70. The van der Waals surface area contributed by atoms with E-state index in [1.54, 1.807) is 16.4 Å². The molecule has 0 spiro atoms. The molecule has 1 aliphatic heterocycles. The molecule has 1 saturated heterocycles. The molecule has 1 amide bonds. The van der Waals surface area contributed by atoms with Gasteiger partial charge in [0.15, 0.2) is 0 Å². The zero-order chi connectivity index (χ0) is 16.0. The van der Waals surface area contributed by atoms with Crippen molar-refractivity contribution in [3.8, 4) is 0 Å². The number of aryl methyl sites for hydroxylation is 1. The van der Waals surface area contributed by atoms with Crippen molar-refractivity contribution in [2.75, 3.05) is 25.4 Å². The SMILES string of the molecule is Cc1ccccc1C(=O)NCCS(=O)(=O)N1CCCCCC1. The molecule has 1 aromatic carbocycles. The zero-order valence-electron chi connectivity index (χ0n) is 13.0. The quantitative estimate of drug-likeness (QED) is 0.900. The predicted octanol–water partition coefficient (Wildman–Crippen LogP) is 1.93. The van der Waals surface area contributed by atoms with E-state index in [-0.39, 0.29) is 18.2 Å². The largest absolute Gasteiger partial charge is 0.351 e. The van der Waals surface area contributed by atoms with Crippen LogP contribution in [-0.4, -0.2) is 44.0 Å². The Labute approximate surface area is 132 Å². The highest BCUT2D eigenvalue weighted by molar-refractivity contribution is 7.89. The summed E-state index contributed by atoms with van der Waals surface area (Å²) in [7, 11) is -3.28. The Balaban J connectivity index is 1.87. The molecule has 0 aliphatic carbocycles. The molecule has 1 N–H and O–H groups in total. The zero-order valence-corrected chi connectivity index (χ0v) is 13.9. The first-order valence-corrected chi connectivity index (χ1v) is 9.43. The molecule has 0 atom stereocenters. The molecule has 1 heterocycles. The summed E-state index contributed by atoms with van der Waals surface area (Å²) < 4.78 is 26.2. The number of carbonyl (C=O) groups excluding carboxylic acids is 1. The third-order valence-corrected chi connectivity index (χ3v) is 5.87. The summed E-state index contributed by atoms with van der Waals surface area (Å²) in [5.41, 5.74) is 1.48. The standard InChI is InChI=1S/C16H24N2O3S/c1-14-8-4-5-9-15(14)16(19)17-10-13-22(20,21)18-11-6-2-3-7-12-18/h4-5,8-9H,2-3,6-7,10-13H2,1H3,(H,17,19). The van der Waals surface area contributed by atoms with Crippen LogP contribution in [0.2, 0.25) is 0 Å². The van der Waals surface area contributed by atoms with Crippen LogP contribution in [0.4, 0.5) is 0 Å². The van der Waals surface area contributed by atoms with Crippen molar-refractivity contribution in [2.45, 2.75) is 32.6 Å². The highest BCUT2D eigenvalue weighted by atomic mass is 32.2. The van der Waals surface area contributed by atoms with E-state index in [9.17, 15) is 13.2 Å². The number of rotatable bonds is 5. The monoisotopic (exact) mass is 324 g/mol. The minimum absolute atomic E-state index is 0.0371. The molecule has 22 heavy (non-hydrogen) atoms. The van der Waals surface area contributed by atoms with E-state index in [4.69, 9.17) is 0 Å². The van der Waals surface area contributed by atoms with Gasteiger partial charge in [-0.2, -0.15) is 0 Å². The van der Waals surface area contributed by atoms with Crippen LogP contribution in [0.15, 0.2) is 24.3 Å². The molecule has 0 unspecified atom stereocenters. The molecule has 122 valence electrons. The van der Waals surface area contributed by atoms with Gasteiger partial charge in [-0.1, -0.05) is 31.0 Å². The van der Waals surface area contributed by atoms with Crippen LogP contribution >= 0.6 is 0 Å². The number of hydrogen-bond acceptors (Lipinski definition) is 3. The maximum Gasteiger partial charge on any atom is 0.251 e. The summed E-state index contributed by atoms with van der Waals surface area (Å²) in [6.45, 7) is 3.22. The van der Waals surface area contributed by atoms with Crippen LogP contribution in [0, 0.1) is 6.92 Å². The average Bonchev–Trinajstić information content (AvgIpc) is 2.77. The first-order chi connectivity index (χ1) is 10.5. The Morgan fingerprint density at radius 2 is 1.77 bits per heavy atom. The van der Waals surface area contributed by atoms with Crippen molar-refractivity contribution in [2.24, 2.45) is 0 Å². The highest BCUT2D eigenvalue weighted by Gasteiger charge is 2.22. The molecular formula is C16H24N2O3S. The van der Waals surface area contributed by atoms with E-state index < -0.39 is 10.0 Å². The van der Waals surface area contributed by atoms with Crippen molar-refractivity contribution in [1.29, 1.82) is 0 Å². The normalized spacial score (nSPS) is 17.0. The summed E-state index contributed by atoms with van der Waals surface area (Å²) in [5, 5.41) is 2.71.